The van der Waals surface area contributed by atoms with Crippen molar-refractivity contribution in [3.05, 3.63) is 60.2 Å². The Kier molecular flexibility index (Phi) is 15.8. The van der Waals surface area contributed by atoms with E-state index in [-0.39, 0.29) is 5.67 Å². The molecule has 2 aromatic rings. The fourth-order valence-corrected chi connectivity index (χ4v) is 7.26. The van der Waals surface area contributed by atoms with Crippen LogP contribution in [0.25, 0.3) is 17.2 Å². The average molecular weight is 588 g/mol. The number of hydrogen-bond donors (Lipinski definition) is 2. The summed E-state index contributed by atoms with van der Waals surface area (Å²) in [5, 5.41) is 12.0. The van der Waals surface area contributed by atoms with E-state index in [0.717, 1.165) is 42.9 Å². The van der Waals surface area contributed by atoms with Crippen molar-refractivity contribution in [1.82, 2.24) is 5.32 Å². The third-order valence-electron chi connectivity index (χ3n) is 6.22. The van der Waals surface area contributed by atoms with Crippen LogP contribution in [0.1, 0.15) is 65.4 Å². The van der Waals surface area contributed by atoms with Crippen LogP contribution in [-0.4, -0.2) is 64.7 Å². The first-order valence-corrected chi connectivity index (χ1v) is 16.3. The molecular formula is C31H45NO8Si. The summed E-state index contributed by atoms with van der Waals surface area (Å²) in [5.74, 6) is -0.353. The Morgan fingerprint density at radius 2 is 1.49 bits per heavy atom. The maximum Gasteiger partial charge on any atom is 0.524 e. The van der Waals surface area contributed by atoms with Gasteiger partial charge in [-0.2, -0.15) is 0 Å². The summed E-state index contributed by atoms with van der Waals surface area (Å²) in [5.41, 5.74) is 2.23. The van der Waals surface area contributed by atoms with E-state index in [1.807, 2.05) is 76.2 Å². The number of carbonyl (C=O) groups is 2. The minimum atomic E-state index is -3.09. The number of para-hydroxylation sites is 1. The zero-order chi connectivity index (χ0) is 29.9. The van der Waals surface area contributed by atoms with Gasteiger partial charge in [0, 0.05) is 37.0 Å². The lowest BCUT2D eigenvalue weighted by Gasteiger charge is -2.34. The average Bonchev–Trinajstić information content (AvgIpc) is 2.97. The molecule has 0 saturated heterocycles. The highest BCUT2D eigenvalue weighted by Crippen LogP contribution is 2.34. The largest absolute Gasteiger partial charge is 0.524 e. The second kappa shape index (κ2) is 19.0. The molecule has 0 aliphatic rings. The van der Waals surface area contributed by atoms with Crippen LogP contribution in [0.2, 0.25) is 0 Å². The summed E-state index contributed by atoms with van der Waals surface area (Å²) in [6, 6.07) is 15.6. The van der Waals surface area contributed by atoms with E-state index < -0.39 is 20.9 Å². The number of nitrogens with one attached hydrogen (secondary N) is 1. The van der Waals surface area contributed by atoms with Crippen LogP contribution in [0.4, 0.5) is 4.79 Å². The molecule has 1 unspecified atom stereocenters. The molecule has 10 heteroatoms. The molecule has 0 bridgehead atoms. The third-order valence-corrected chi connectivity index (χ3v) is 9.70. The van der Waals surface area contributed by atoms with Gasteiger partial charge in [-0.1, -0.05) is 55.5 Å². The summed E-state index contributed by atoms with van der Waals surface area (Å²) in [4.78, 5) is 23.6. The fourth-order valence-electron chi connectivity index (χ4n) is 4.40. The molecule has 2 N–H and O–H groups in total. The van der Waals surface area contributed by atoms with Crippen molar-refractivity contribution in [1.29, 1.82) is 0 Å². The Morgan fingerprint density at radius 3 is 2.07 bits per heavy atom. The van der Waals surface area contributed by atoms with Crippen molar-refractivity contribution in [2.75, 3.05) is 33.0 Å². The number of carbonyl (C=O) groups excluding carboxylic acids is 1. The van der Waals surface area contributed by atoms with Crippen LogP contribution in [0.3, 0.4) is 0 Å². The maximum atomic E-state index is 12.5. The number of ether oxygens (including phenoxy) is 2. The standard InChI is InChI=1S/C31H45NO8Si/c1-5-28(41(38-6-2,39-7-3)40-8-4)32-31(35)37-24-15-10-9-14-23-36-30-26(21-22-29(33)34)19-16-20-27(30)25-17-12-11-13-18-25/h11-13,16-22,28H,5-10,14-15,23-24H2,1-4H3,(H,32,35)(H,33,34)/b22-21+. The predicted octanol–water partition coefficient (Wildman–Crippen LogP) is 6.48. The number of hydrogen-bond acceptors (Lipinski definition) is 7. The van der Waals surface area contributed by atoms with E-state index in [2.05, 4.69) is 5.32 Å². The molecular weight excluding hydrogens is 542 g/mol. The second-order valence-electron chi connectivity index (χ2n) is 9.17. The summed E-state index contributed by atoms with van der Waals surface area (Å²) in [6.45, 7) is 9.68. The SMILES string of the molecule is CCO[Si](OCC)(OCC)C(CC)NC(=O)OCCCCCCOc1c(/C=C/C(=O)O)cccc1-c1ccccc1. The zero-order valence-electron chi connectivity index (χ0n) is 24.7. The molecule has 0 fully saturated rings. The smallest absolute Gasteiger partial charge is 0.492 e. The first-order chi connectivity index (χ1) is 19.9. The summed E-state index contributed by atoms with van der Waals surface area (Å²) < 4.78 is 29.4. The number of carboxylic acid groups (broad SMARTS) is 1. The number of aliphatic carboxylic acids is 1. The molecule has 0 spiro atoms. The molecule has 0 heterocycles. The van der Waals surface area contributed by atoms with Gasteiger partial charge < -0.3 is 33.2 Å². The van der Waals surface area contributed by atoms with E-state index in [9.17, 15) is 9.59 Å². The second-order valence-corrected chi connectivity index (χ2v) is 11.9. The molecule has 2 rings (SSSR count). The molecule has 2 aromatic carbocycles. The van der Waals surface area contributed by atoms with Crippen LogP contribution < -0.4 is 10.1 Å². The number of alkyl carbamates (subject to hydrolysis) is 1. The summed E-state index contributed by atoms with van der Waals surface area (Å²) >= 11 is 0. The van der Waals surface area contributed by atoms with Crippen LogP contribution >= 0.6 is 0 Å². The van der Waals surface area contributed by atoms with E-state index in [4.69, 9.17) is 27.9 Å². The number of amides is 1. The normalized spacial score (nSPS) is 12.3. The van der Waals surface area contributed by atoms with Crippen molar-refractivity contribution in [3.8, 4) is 16.9 Å². The third kappa shape index (κ3) is 11.3. The summed E-state index contributed by atoms with van der Waals surface area (Å²) in [6.07, 6.45) is 6.06. The van der Waals surface area contributed by atoms with Crippen molar-refractivity contribution in [2.45, 2.75) is 65.5 Å². The molecule has 0 radical (unpaired) electrons. The van der Waals surface area contributed by atoms with E-state index in [1.54, 1.807) is 6.08 Å². The quantitative estimate of drug-likeness (QED) is 0.103. The number of carboxylic acids is 1. The van der Waals surface area contributed by atoms with Gasteiger partial charge in [-0.15, -0.1) is 0 Å². The summed E-state index contributed by atoms with van der Waals surface area (Å²) in [7, 11) is -3.09. The van der Waals surface area contributed by atoms with Gasteiger partial charge in [-0.3, -0.25) is 0 Å². The van der Waals surface area contributed by atoms with Crippen molar-refractivity contribution in [2.24, 2.45) is 0 Å². The van der Waals surface area contributed by atoms with Gasteiger partial charge in [-0.25, -0.2) is 9.59 Å². The first-order valence-electron chi connectivity index (χ1n) is 14.5. The van der Waals surface area contributed by atoms with Gasteiger partial charge >= 0.3 is 20.9 Å². The van der Waals surface area contributed by atoms with Crippen molar-refractivity contribution >= 4 is 26.9 Å². The van der Waals surface area contributed by atoms with Crippen LogP contribution in [0.5, 0.6) is 5.75 Å². The monoisotopic (exact) mass is 587 g/mol. The minimum absolute atomic E-state index is 0.302. The maximum absolute atomic E-state index is 12.5. The Bertz CT molecular complexity index is 1060. The van der Waals surface area contributed by atoms with Crippen LogP contribution in [0, 0.1) is 0 Å². The van der Waals surface area contributed by atoms with Gasteiger partial charge in [0.25, 0.3) is 0 Å². The van der Waals surface area contributed by atoms with E-state index in [1.165, 1.54) is 0 Å². The molecule has 1 amide bonds. The molecule has 0 aliphatic heterocycles. The predicted molar refractivity (Wildman–Crippen MR) is 162 cm³/mol. The number of unbranched alkanes of at least 4 members (excludes halogenated alkanes) is 3. The lowest BCUT2D eigenvalue weighted by atomic mass is 10.0. The van der Waals surface area contributed by atoms with Gasteiger partial charge in [0.05, 0.1) is 13.2 Å². The zero-order valence-corrected chi connectivity index (χ0v) is 25.7. The van der Waals surface area contributed by atoms with Crippen molar-refractivity contribution < 1.29 is 37.4 Å². The Morgan fingerprint density at radius 1 is 0.854 bits per heavy atom. The molecule has 9 nitrogen and oxygen atoms in total. The molecule has 1 atom stereocenters. The Labute approximate surface area is 245 Å². The molecule has 226 valence electrons. The molecule has 0 saturated carbocycles. The van der Waals surface area contributed by atoms with Gasteiger partial charge in [-0.05, 0) is 64.5 Å². The molecule has 41 heavy (non-hydrogen) atoms. The highest BCUT2D eigenvalue weighted by atomic mass is 28.4. The Balaban J connectivity index is 1.83. The van der Waals surface area contributed by atoms with Crippen molar-refractivity contribution in [3.63, 3.8) is 0 Å². The number of benzene rings is 2. The van der Waals surface area contributed by atoms with E-state index >= 15 is 0 Å². The lowest BCUT2D eigenvalue weighted by Crippen LogP contribution is -2.62. The van der Waals surface area contributed by atoms with Gasteiger partial charge in [0.1, 0.15) is 11.4 Å². The van der Waals surface area contributed by atoms with Gasteiger partial charge in [0.15, 0.2) is 0 Å². The number of rotatable bonds is 20. The first kappa shape index (κ1) is 34.0. The topological polar surface area (TPSA) is 113 Å². The lowest BCUT2D eigenvalue weighted by molar-refractivity contribution is -0.131. The molecule has 0 aliphatic carbocycles. The minimum Gasteiger partial charge on any atom is -0.492 e. The fraction of sp³-hybridized carbons (Fsp3) is 0.484. The molecule has 0 aromatic heterocycles. The van der Waals surface area contributed by atoms with E-state index in [0.29, 0.717) is 50.8 Å². The Hall–Kier alpha value is -3.18. The van der Waals surface area contributed by atoms with Crippen LogP contribution in [-0.2, 0) is 22.8 Å². The highest BCUT2D eigenvalue weighted by molar-refractivity contribution is 6.62. The van der Waals surface area contributed by atoms with Crippen LogP contribution in [0.15, 0.2) is 54.6 Å². The highest BCUT2D eigenvalue weighted by Gasteiger charge is 2.49. The van der Waals surface area contributed by atoms with Gasteiger partial charge in [0.2, 0.25) is 0 Å².